The zero-order chi connectivity index (χ0) is 15.2. The average molecular weight is 356 g/mol. The molecule has 7 heteroatoms. The molecule has 0 unspecified atom stereocenters. The van der Waals surface area contributed by atoms with E-state index >= 15 is 0 Å². The van der Waals surface area contributed by atoms with Gasteiger partial charge in [0.2, 0.25) is 0 Å². The van der Waals surface area contributed by atoms with Crippen molar-refractivity contribution in [2.24, 2.45) is 5.92 Å². The third-order valence-electron chi connectivity index (χ3n) is 2.18. The summed E-state index contributed by atoms with van der Waals surface area (Å²) >= 11 is 3.05. The van der Waals surface area contributed by atoms with Crippen LogP contribution >= 0.6 is 15.9 Å². The van der Waals surface area contributed by atoms with Crippen LogP contribution in [-0.2, 0) is 4.74 Å². The fourth-order valence-corrected chi connectivity index (χ4v) is 1.86. The van der Waals surface area contributed by atoms with Crippen LogP contribution in [0.3, 0.4) is 0 Å². The van der Waals surface area contributed by atoms with Gasteiger partial charge >= 0.3 is 6.36 Å². The molecule has 0 saturated carbocycles. The molecule has 0 aliphatic carbocycles. The SMILES string of the molecule is CC(C)COCCNc1ccc(OC(F)(F)F)c(Br)c1. The van der Waals surface area contributed by atoms with Crippen LogP contribution in [0, 0.1) is 5.92 Å². The molecule has 0 radical (unpaired) electrons. The van der Waals surface area contributed by atoms with Crippen molar-refractivity contribution in [2.75, 3.05) is 25.1 Å². The van der Waals surface area contributed by atoms with E-state index in [0.717, 1.165) is 0 Å². The third-order valence-corrected chi connectivity index (χ3v) is 2.80. The van der Waals surface area contributed by atoms with Gasteiger partial charge in [0.1, 0.15) is 5.75 Å². The highest BCUT2D eigenvalue weighted by molar-refractivity contribution is 9.10. The summed E-state index contributed by atoms with van der Waals surface area (Å²) in [5.41, 5.74) is 0.694. The van der Waals surface area contributed by atoms with Gasteiger partial charge < -0.3 is 14.8 Å². The van der Waals surface area contributed by atoms with E-state index < -0.39 is 6.36 Å². The van der Waals surface area contributed by atoms with Crippen molar-refractivity contribution in [2.45, 2.75) is 20.2 Å². The Hall–Kier alpha value is -0.950. The van der Waals surface area contributed by atoms with E-state index in [-0.39, 0.29) is 10.2 Å². The lowest BCUT2D eigenvalue weighted by atomic mass is 10.2. The van der Waals surface area contributed by atoms with Gasteiger partial charge in [0.25, 0.3) is 0 Å². The molecule has 0 fully saturated rings. The Morgan fingerprint density at radius 2 is 2.00 bits per heavy atom. The molecule has 0 aliphatic rings. The normalized spacial score (nSPS) is 11.8. The van der Waals surface area contributed by atoms with Crippen LogP contribution in [0.5, 0.6) is 5.75 Å². The van der Waals surface area contributed by atoms with Crippen LogP contribution in [-0.4, -0.2) is 26.1 Å². The summed E-state index contributed by atoms with van der Waals surface area (Å²) in [5.74, 6) is 0.210. The Morgan fingerprint density at radius 1 is 1.30 bits per heavy atom. The molecule has 0 spiro atoms. The Balaban J connectivity index is 2.43. The van der Waals surface area contributed by atoms with E-state index in [1.54, 1.807) is 0 Å². The van der Waals surface area contributed by atoms with Gasteiger partial charge in [0.15, 0.2) is 0 Å². The zero-order valence-electron chi connectivity index (χ0n) is 11.3. The first kappa shape index (κ1) is 17.1. The predicted molar refractivity (Wildman–Crippen MR) is 75.0 cm³/mol. The molecule has 1 aromatic carbocycles. The second-order valence-electron chi connectivity index (χ2n) is 4.59. The summed E-state index contributed by atoms with van der Waals surface area (Å²) in [6.45, 7) is 5.92. The van der Waals surface area contributed by atoms with Crippen LogP contribution in [0.4, 0.5) is 18.9 Å². The maximum atomic E-state index is 12.1. The van der Waals surface area contributed by atoms with E-state index in [1.807, 2.05) is 0 Å². The average Bonchev–Trinajstić information content (AvgIpc) is 2.30. The molecule has 1 rings (SSSR count). The second kappa shape index (κ2) is 7.73. The minimum Gasteiger partial charge on any atom is -0.405 e. The maximum Gasteiger partial charge on any atom is 0.573 e. The largest absolute Gasteiger partial charge is 0.573 e. The van der Waals surface area contributed by atoms with Crippen LogP contribution in [0.1, 0.15) is 13.8 Å². The lowest BCUT2D eigenvalue weighted by Crippen LogP contribution is -2.17. The minimum absolute atomic E-state index is 0.239. The van der Waals surface area contributed by atoms with Gasteiger partial charge in [0.05, 0.1) is 11.1 Å². The third kappa shape index (κ3) is 7.00. The van der Waals surface area contributed by atoms with Crippen molar-refractivity contribution in [3.05, 3.63) is 22.7 Å². The molecular formula is C13H17BrF3NO2. The van der Waals surface area contributed by atoms with Crippen LogP contribution in [0.2, 0.25) is 0 Å². The Kier molecular flexibility index (Phi) is 6.61. The molecule has 1 aromatic rings. The zero-order valence-corrected chi connectivity index (χ0v) is 12.8. The molecule has 3 nitrogen and oxygen atoms in total. The predicted octanol–water partition coefficient (Wildman–Crippen LogP) is 4.43. The number of hydrogen-bond acceptors (Lipinski definition) is 3. The minimum atomic E-state index is -4.69. The number of benzene rings is 1. The summed E-state index contributed by atoms with van der Waals surface area (Å²) in [6.07, 6.45) is -4.69. The van der Waals surface area contributed by atoms with E-state index in [0.29, 0.717) is 31.4 Å². The van der Waals surface area contributed by atoms with E-state index in [4.69, 9.17) is 4.74 Å². The fraction of sp³-hybridized carbons (Fsp3) is 0.538. The molecule has 0 heterocycles. The van der Waals surface area contributed by atoms with Gasteiger partial charge in [0, 0.05) is 18.8 Å². The molecular weight excluding hydrogens is 339 g/mol. The van der Waals surface area contributed by atoms with Gasteiger partial charge in [-0.25, -0.2) is 0 Å². The van der Waals surface area contributed by atoms with Crippen molar-refractivity contribution in [3.63, 3.8) is 0 Å². The van der Waals surface area contributed by atoms with Crippen molar-refractivity contribution in [1.29, 1.82) is 0 Å². The molecule has 114 valence electrons. The first-order valence-corrected chi connectivity index (χ1v) is 6.94. The number of ether oxygens (including phenoxy) is 2. The van der Waals surface area contributed by atoms with Crippen molar-refractivity contribution >= 4 is 21.6 Å². The Morgan fingerprint density at radius 3 is 2.55 bits per heavy atom. The Labute approximate surface area is 124 Å². The number of nitrogens with one attached hydrogen (secondary N) is 1. The second-order valence-corrected chi connectivity index (χ2v) is 5.44. The van der Waals surface area contributed by atoms with Gasteiger partial charge in [-0.05, 0) is 40.0 Å². The van der Waals surface area contributed by atoms with Gasteiger partial charge in [-0.2, -0.15) is 0 Å². The molecule has 0 bridgehead atoms. The molecule has 0 aromatic heterocycles. The smallest absolute Gasteiger partial charge is 0.405 e. The summed E-state index contributed by atoms with van der Waals surface area (Å²) in [7, 11) is 0. The highest BCUT2D eigenvalue weighted by atomic mass is 79.9. The summed E-state index contributed by atoms with van der Waals surface area (Å²) in [4.78, 5) is 0. The van der Waals surface area contributed by atoms with Crippen LogP contribution in [0.25, 0.3) is 0 Å². The van der Waals surface area contributed by atoms with E-state index in [1.165, 1.54) is 18.2 Å². The molecule has 0 aliphatic heterocycles. The molecule has 1 N–H and O–H groups in total. The van der Waals surface area contributed by atoms with E-state index in [9.17, 15) is 13.2 Å². The molecule has 20 heavy (non-hydrogen) atoms. The number of halogens is 4. The number of anilines is 1. The first-order chi connectivity index (χ1) is 9.28. The van der Waals surface area contributed by atoms with Gasteiger partial charge in [-0.3, -0.25) is 0 Å². The number of rotatable bonds is 7. The van der Waals surface area contributed by atoms with Crippen LogP contribution in [0.15, 0.2) is 22.7 Å². The summed E-state index contributed by atoms with van der Waals surface area (Å²) < 4.78 is 45.8. The monoisotopic (exact) mass is 355 g/mol. The molecule has 0 saturated heterocycles. The van der Waals surface area contributed by atoms with Crippen LogP contribution < -0.4 is 10.1 Å². The lowest BCUT2D eigenvalue weighted by molar-refractivity contribution is -0.274. The maximum absolute atomic E-state index is 12.1. The Bertz CT molecular complexity index is 425. The number of hydrogen-bond donors (Lipinski definition) is 1. The summed E-state index contributed by atoms with van der Waals surface area (Å²) in [5, 5.41) is 3.06. The molecule has 0 atom stereocenters. The summed E-state index contributed by atoms with van der Waals surface area (Å²) in [6, 6.07) is 4.31. The lowest BCUT2D eigenvalue weighted by Gasteiger charge is -2.13. The van der Waals surface area contributed by atoms with Crippen molar-refractivity contribution in [1.82, 2.24) is 0 Å². The highest BCUT2D eigenvalue weighted by Gasteiger charge is 2.31. The van der Waals surface area contributed by atoms with Gasteiger partial charge in [-0.15, -0.1) is 13.2 Å². The van der Waals surface area contributed by atoms with Crippen molar-refractivity contribution in [3.8, 4) is 5.75 Å². The quantitative estimate of drug-likeness (QED) is 0.733. The number of alkyl halides is 3. The topological polar surface area (TPSA) is 30.5 Å². The standard InChI is InChI=1S/C13H17BrF3NO2/c1-9(2)8-19-6-5-18-10-3-4-12(11(14)7-10)20-13(15,16)17/h3-4,7,9,18H,5-6,8H2,1-2H3. The first-order valence-electron chi connectivity index (χ1n) is 6.15. The fourth-order valence-electron chi connectivity index (χ4n) is 1.40. The highest BCUT2D eigenvalue weighted by Crippen LogP contribution is 2.32. The van der Waals surface area contributed by atoms with Crippen molar-refractivity contribution < 1.29 is 22.6 Å². The van der Waals surface area contributed by atoms with E-state index in [2.05, 4.69) is 39.8 Å². The van der Waals surface area contributed by atoms with Gasteiger partial charge in [-0.1, -0.05) is 13.8 Å². The molecule has 0 amide bonds.